The summed E-state index contributed by atoms with van der Waals surface area (Å²) in [6.07, 6.45) is 0. The van der Waals surface area contributed by atoms with Gasteiger partial charge in [-0.1, -0.05) is 41.4 Å². The van der Waals surface area contributed by atoms with E-state index < -0.39 is 6.61 Å². The van der Waals surface area contributed by atoms with Crippen molar-refractivity contribution in [2.24, 2.45) is 0 Å². The Morgan fingerprint density at radius 3 is 2.12 bits per heavy atom. The molecule has 0 saturated heterocycles. The highest BCUT2D eigenvalue weighted by atomic mass is 35.5. The fourth-order valence-electron chi connectivity index (χ4n) is 1.87. The molecule has 0 aliphatic carbocycles. The van der Waals surface area contributed by atoms with E-state index in [1.54, 1.807) is 24.3 Å². The van der Waals surface area contributed by atoms with Gasteiger partial charge in [0.1, 0.15) is 5.75 Å². The van der Waals surface area contributed by atoms with Gasteiger partial charge in [-0.2, -0.15) is 8.78 Å². The third kappa shape index (κ3) is 6.11. The molecule has 2 rings (SSSR count). The molecule has 2 aromatic carbocycles. The van der Waals surface area contributed by atoms with Crippen LogP contribution in [0.4, 0.5) is 8.78 Å². The van der Waals surface area contributed by atoms with Gasteiger partial charge < -0.3 is 15.4 Å². The van der Waals surface area contributed by atoms with Gasteiger partial charge in [0.15, 0.2) is 5.11 Å². The molecule has 128 valence electrons. The summed E-state index contributed by atoms with van der Waals surface area (Å²) < 4.78 is 28.4. The Bertz CT molecular complexity index is 699. The van der Waals surface area contributed by atoms with Crippen molar-refractivity contribution in [1.82, 2.24) is 10.6 Å². The number of rotatable bonds is 6. The van der Waals surface area contributed by atoms with Crippen molar-refractivity contribution in [3.05, 3.63) is 63.6 Å². The van der Waals surface area contributed by atoms with Crippen LogP contribution in [0.25, 0.3) is 0 Å². The molecular weight excluding hydrogens is 377 g/mol. The molecule has 0 spiro atoms. The van der Waals surface area contributed by atoms with Crippen LogP contribution < -0.4 is 15.4 Å². The second-order valence-corrected chi connectivity index (χ2v) is 6.03. The Labute approximate surface area is 153 Å². The first kappa shape index (κ1) is 18.7. The molecule has 0 atom stereocenters. The minimum atomic E-state index is -2.83. The Kier molecular flexibility index (Phi) is 7.02. The van der Waals surface area contributed by atoms with Crippen LogP contribution in [0.2, 0.25) is 10.0 Å². The number of ether oxygens (including phenoxy) is 1. The van der Waals surface area contributed by atoms with E-state index in [0.29, 0.717) is 28.2 Å². The van der Waals surface area contributed by atoms with Gasteiger partial charge in [0.25, 0.3) is 0 Å². The standard InChI is InChI=1S/C16H14Cl2F2N2OS/c17-13-6-3-11(7-14(13)18)9-22-16(24)21-8-10-1-4-12(5-2-10)23-15(19)20/h1-7,15H,8-9H2,(H2,21,22,24). The number of hydrogen-bond donors (Lipinski definition) is 2. The minimum Gasteiger partial charge on any atom is -0.435 e. The lowest BCUT2D eigenvalue weighted by molar-refractivity contribution is -0.0498. The largest absolute Gasteiger partial charge is 0.435 e. The molecule has 0 aliphatic heterocycles. The number of nitrogens with one attached hydrogen (secondary N) is 2. The highest BCUT2D eigenvalue weighted by Gasteiger charge is 2.04. The number of hydrogen-bond acceptors (Lipinski definition) is 2. The summed E-state index contributed by atoms with van der Waals surface area (Å²) in [6, 6.07) is 11.7. The zero-order valence-electron chi connectivity index (χ0n) is 12.4. The lowest BCUT2D eigenvalue weighted by Crippen LogP contribution is -2.34. The number of thiocarbonyl (C=S) groups is 1. The smallest absolute Gasteiger partial charge is 0.387 e. The molecule has 0 fully saturated rings. The van der Waals surface area contributed by atoms with Crippen LogP contribution >= 0.6 is 35.4 Å². The van der Waals surface area contributed by atoms with E-state index in [-0.39, 0.29) is 5.75 Å². The maximum absolute atomic E-state index is 12.1. The molecule has 24 heavy (non-hydrogen) atoms. The average molecular weight is 391 g/mol. The third-order valence-electron chi connectivity index (χ3n) is 3.04. The van der Waals surface area contributed by atoms with Crippen molar-refractivity contribution in [3.63, 3.8) is 0 Å². The molecule has 0 amide bonds. The SMILES string of the molecule is FC(F)Oc1ccc(CNC(=S)NCc2ccc(Cl)c(Cl)c2)cc1. The summed E-state index contributed by atoms with van der Waals surface area (Å²) in [7, 11) is 0. The van der Waals surface area contributed by atoms with E-state index in [9.17, 15) is 8.78 Å². The van der Waals surface area contributed by atoms with E-state index in [1.165, 1.54) is 12.1 Å². The quantitative estimate of drug-likeness (QED) is 0.696. The number of alkyl halides is 2. The van der Waals surface area contributed by atoms with Gasteiger partial charge in [-0.3, -0.25) is 0 Å². The number of benzene rings is 2. The lowest BCUT2D eigenvalue weighted by atomic mass is 10.2. The van der Waals surface area contributed by atoms with Crippen molar-refractivity contribution in [2.45, 2.75) is 19.7 Å². The molecule has 0 unspecified atom stereocenters. The highest BCUT2D eigenvalue weighted by Crippen LogP contribution is 2.22. The maximum Gasteiger partial charge on any atom is 0.387 e. The van der Waals surface area contributed by atoms with Crippen molar-refractivity contribution in [3.8, 4) is 5.75 Å². The van der Waals surface area contributed by atoms with Crippen LogP contribution in [0.15, 0.2) is 42.5 Å². The van der Waals surface area contributed by atoms with Gasteiger partial charge in [-0.15, -0.1) is 0 Å². The Hall–Kier alpha value is -1.63. The first-order valence-corrected chi connectivity index (χ1v) is 8.10. The van der Waals surface area contributed by atoms with Crippen molar-refractivity contribution in [1.29, 1.82) is 0 Å². The number of halogens is 4. The van der Waals surface area contributed by atoms with Crippen LogP contribution in [0.3, 0.4) is 0 Å². The van der Waals surface area contributed by atoms with Crippen LogP contribution in [0, 0.1) is 0 Å². The van der Waals surface area contributed by atoms with Crippen LogP contribution in [-0.2, 0) is 13.1 Å². The van der Waals surface area contributed by atoms with Crippen LogP contribution in [-0.4, -0.2) is 11.7 Å². The molecule has 0 heterocycles. The van der Waals surface area contributed by atoms with Crippen molar-refractivity contribution >= 4 is 40.5 Å². The Morgan fingerprint density at radius 2 is 1.54 bits per heavy atom. The van der Waals surface area contributed by atoms with Gasteiger partial charge >= 0.3 is 6.61 Å². The molecule has 0 aliphatic rings. The summed E-state index contributed by atoms with van der Waals surface area (Å²) in [5.74, 6) is 0.120. The molecule has 2 N–H and O–H groups in total. The monoisotopic (exact) mass is 390 g/mol. The zero-order valence-corrected chi connectivity index (χ0v) is 14.7. The van der Waals surface area contributed by atoms with E-state index in [4.69, 9.17) is 35.4 Å². The van der Waals surface area contributed by atoms with Crippen LogP contribution in [0.5, 0.6) is 5.75 Å². The predicted molar refractivity (Wildman–Crippen MR) is 95.8 cm³/mol. The highest BCUT2D eigenvalue weighted by molar-refractivity contribution is 7.80. The fraction of sp³-hybridized carbons (Fsp3) is 0.188. The van der Waals surface area contributed by atoms with Gasteiger partial charge in [-0.05, 0) is 47.6 Å². The predicted octanol–water partition coefficient (Wildman–Crippen LogP) is 4.76. The minimum absolute atomic E-state index is 0.120. The normalized spacial score (nSPS) is 10.5. The van der Waals surface area contributed by atoms with Crippen molar-refractivity contribution in [2.75, 3.05) is 0 Å². The van der Waals surface area contributed by atoms with Gasteiger partial charge in [0.2, 0.25) is 0 Å². The second kappa shape index (κ2) is 9.01. The molecule has 8 heteroatoms. The van der Waals surface area contributed by atoms with Gasteiger partial charge in [0.05, 0.1) is 10.0 Å². The molecule has 0 saturated carbocycles. The molecule has 0 radical (unpaired) electrons. The first-order valence-electron chi connectivity index (χ1n) is 6.93. The molecule has 0 bridgehead atoms. The Morgan fingerprint density at radius 1 is 0.958 bits per heavy atom. The molecular formula is C16H14Cl2F2N2OS. The summed E-state index contributed by atoms with van der Waals surface area (Å²) in [4.78, 5) is 0. The van der Waals surface area contributed by atoms with Gasteiger partial charge in [-0.25, -0.2) is 0 Å². The van der Waals surface area contributed by atoms with Crippen molar-refractivity contribution < 1.29 is 13.5 Å². The summed E-state index contributed by atoms with van der Waals surface area (Å²) in [5, 5.41) is 7.53. The lowest BCUT2D eigenvalue weighted by Gasteiger charge is -2.11. The first-order chi connectivity index (χ1) is 11.4. The topological polar surface area (TPSA) is 33.3 Å². The zero-order chi connectivity index (χ0) is 17.5. The van der Waals surface area contributed by atoms with E-state index >= 15 is 0 Å². The van der Waals surface area contributed by atoms with E-state index in [2.05, 4.69) is 15.4 Å². The van der Waals surface area contributed by atoms with E-state index in [0.717, 1.165) is 11.1 Å². The summed E-state index contributed by atoms with van der Waals surface area (Å²) in [6.45, 7) is -1.86. The molecule has 3 nitrogen and oxygen atoms in total. The van der Waals surface area contributed by atoms with Crippen LogP contribution in [0.1, 0.15) is 11.1 Å². The van der Waals surface area contributed by atoms with Gasteiger partial charge in [0, 0.05) is 13.1 Å². The second-order valence-electron chi connectivity index (χ2n) is 4.81. The summed E-state index contributed by atoms with van der Waals surface area (Å²) >= 11 is 17.0. The Balaban J connectivity index is 1.77. The maximum atomic E-state index is 12.1. The van der Waals surface area contributed by atoms with E-state index in [1.807, 2.05) is 6.07 Å². The fourth-order valence-corrected chi connectivity index (χ4v) is 2.33. The third-order valence-corrected chi connectivity index (χ3v) is 4.07. The summed E-state index contributed by atoms with van der Waals surface area (Å²) in [5.41, 5.74) is 1.83. The molecule has 0 aromatic heterocycles. The average Bonchev–Trinajstić information content (AvgIpc) is 2.55. The molecule has 2 aromatic rings.